The minimum absolute atomic E-state index is 0.889. The van der Waals surface area contributed by atoms with Crippen LogP contribution in [0.5, 0.6) is 0 Å². The highest BCUT2D eigenvalue weighted by atomic mass is 32.1. The summed E-state index contributed by atoms with van der Waals surface area (Å²) in [5, 5.41) is 7.40. The molecule has 6 aromatic carbocycles. The first-order valence-corrected chi connectivity index (χ1v) is 14.1. The second-order valence-corrected chi connectivity index (χ2v) is 11.5. The molecule has 0 aliphatic rings. The number of hydrogen-bond acceptors (Lipinski definition) is 3. The Balaban J connectivity index is 1.31. The molecule has 0 aliphatic carbocycles. The molecular weight excluding hydrogens is 492 g/mol. The normalized spacial score (nSPS) is 11.8. The lowest BCUT2D eigenvalue weighted by Gasteiger charge is -2.12. The maximum absolute atomic E-state index is 5.23. The molecule has 0 unspecified atom stereocenters. The molecule has 0 saturated heterocycles. The van der Waals surface area contributed by atoms with Gasteiger partial charge in [0.25, 0.3) is 0 Å². The van der Waals surface area contributed by atoms with Crippen LogP contribution in [-0.4, -0.2) is 9.97 Å². The molecule has 39 heavy (non-hydrogen) atoms. The summed E-state index contributed by atoms with van der Waals surface area (Å²) >= 11 is 1.85. The number of thiophene rings is 1. The first-order valence-electron chi connectivity index (χ1n) is 13.2. The van der Waals surface area contributed by atoms with E-state index in [4.69, 9.17) is 9.97 Å². The zero-order valence-electron chi connectivity index (χ0n) is 21.7. The summed E-state index contributed by atoms with van der Waals surface area (Å²) in [5.41, 5.74) is 8.76. The number of benzene rings is 6. The van der Waals surface area contributed by atoms with Gasteiger partial charge in [-0.25, -0.2) is 4.98 Å². The van der Waals surface area contributed by atoms with Crippen LogP contribution in [0.15, 0.2) is 109 Å². The van der Waals surface area contributed by atoms with Gasteiger partial charge < -0.3 is 0 Å². The molecule has 3 heteroatoms. The van der Waals surface area contributed by atoms with Gasteiger partial charge in [0, 0.05) is 36.5 Å². The highest BCUT2D eigenvalue weighted by molar-refractivity contribution is 7.25. The van der Waals surface area contributed by atoms with E-state index >= 15 is 0 Å². The standard InChI is InChI=1S/C36H24N2S/c1-21-10-13-27-29(16-21)30-17-22(2)11-14-28(30)36-35(27)37-20-32(38-36)25-7-5-6-23(18-25)24-12-15-34-31(19-24)26-8-3-4-9-33(26)39-34/h3-20H,1-2H3. The van der Waals surface area contributed by atoms with Crippen molar-refractivity contribution >= 4 is 64.1 Å². The number of fused-ring (bicyclic) bond motifs is 9. The number of rotatable bonds is 2. The molecule has 0 bridgehead atoms. The highest BCUT2D eigenvalue weighted by Crippen LogP contribution is 2.38. The Bertz CT molecular complexity index is 2260. The largest absolute Gasteiger partial charge is 0.252 e. The molecule has 0 N–H and O–H groups in total. The molecule has 0 fully saturated rings. The summed E-state index contributed by atoms with van der Waals surface area (Å²) in [6.07, 6.45) is 1.93. The molecule has 0 saturated carbocycles. The van der Waals surface area contributed by atoms with Crippen molar-refractivity contribution in [3.63, 3.8) is 0 Å². The van der Waals surface area contributed by atoms with Gasteiger partial charge in [0.2, 0.25) is 0 Å². The zero-order chi connectivity index (χ0) is 26.1. The Kier molecular flexibility index (Phi) is 4.85. The summed E-state index contributed by atoms with van der Waals surface area (Å²) in [6.45, 7) is 4.29. The van der Waals surface area contributed by atoms with Crippen molar-refractivity contribution in [2.75, 3.05) is 0 Å². The summed E-state index contributed by atoms with van der Waals surface area (Å²) < 4.78 is 2.65. The lowest BCUT2D eigenvalue weighted by Crippen LogP contribution is -1.93. The average Bonchev–Trinajstić information content (AvgIpc) is 3.35. The second kappa shape index (κ2) is 8.45. The summed E-state index contributed by atoms with van der Waals surface area (Å²) in [6, 6.07) is 37.4. The second-order valence-electron chi connectivity index (χ2n) is 10.4. The highest BCUT2D eigenvalue weighted by Gasteiger charge is 2.14. The third-order valence-electron chi connectivity index (χ3n) is 7.79. The van der Waals surface area contributed by atoms with E-state index < -0.39 is 0 Å². The van der Waals surface area contributed by atoms with E-state index in [1.165, 1.54) is 53.2 Å². The molecular formula is C36H24N2S. The van der Waals surface area contributed by atoms with Crippen LogP contribution in [0, 0.1) is 13.8 Å². The maximum Gasteiger partial charge on any atom is 0.0979 e. The smallest absolute Gasteiger partial charge is 0.0979 e. The predicted octanol–water partition coefficient (Wildman–Crippen LogP) is 10.3. The molecule has 2 nitrogen and oxygen atoms in total. The van der Waals surface area contributed by atoms with Crippen molar-refractivity contribution in [3.8, 4) is 22.4 Å². The van der Waals surface area contributed by atoms with Gasteiger partial charge >= 0.3 is 0 Å². The van der Waals surface area contributed by atoms with Crippen molar-refractivity contribution in [2.45, 2.75) is 13.8 Å². The average molecular weight is 517 g/mol. The van der Waals surface area contributed by atoms with Crippen molar-refractivity contribution < 1.29 is 0 Å². The Hall–Kier alpha value is -4.60. The Morgan fingerprint density at radius 3 is 2.00 bits per heavy atom. The molecule has 0 aliphatic heterocycles. The van der Waals surface area contributed by atoms with Gasteiger partial charge in [0.15, 0.2) is 0 Å². The van der Waals surface area contributed by atoms with Gasteiger partial charge in [-0.2, -0.15) is 0 Å². The maximum atomic E-state index is 5.23. The lowest BCUT2D eigenvalue weighted by molar-refractivity contribution is 1.31. The van der Waals surface area contributed by atoms with Crippen LogP contribution >= 0.6 is 11.3 Å². The van der Waals surface area contributed by atoms with Gasteiger partial charge in [-0.3, -0.25) is 4.98 Å². The molecule has 8 rings (SSSR count). The minimum atomic E-state index is 0.889. The van der Waals surface area contributed by atoms with Gasteiger partial charge in [0.05, 0.1) is 22.9 Å². The van der Waals surface area contributed by atoms with Gasteiger partial charge in [-0.05, 0) is 60.0 Å². The fourth-order valence-electron chi connectivity index (χ4n) is 5.85. The molecule has 0 radical (unpaired) electrons. The molecule has 8 aromatic rings. The monoisotopic (exact) mass is 516 g/mol. The van der Waals surface area contributed by atoms with Crippen molar-refractivity contribution in [1.29, 1.82) is 0 Å². The fourth-order valence-corrected chi connectivity index (χ4v) is 6.94. The number of hydrogen-bond donors (Lipinski definition) is 0. The van der Waals surface area contributed by atoms with E-state index in [-0.39, 0.29) is 0 Å². The van der Waals surface area contributed by atoms with Crippen molar-refractivity contribution in [2.24, 2.45) is 0 Å². The minimum Gasteiger partial charge on any atom is -0.252 e. The van der Waals surface area contributed by atoms with Gasteiger partial charge in [0.1, 0.15) is 0 Å². The summed E-state index contributed by atoms with van der Waals surface area (Å²) in [5.74, 6) is 0. The predicted molar refractivity (Wildman–Crippen MR) is 168 cm³/mol. The third-order valence-corrected chi connectivity index (χ3v) is 8.94. The van der Waals surface area contributed by atoms with E-state index in [1.54, 1.807) is 0 Å². The lowest BCUT2D eigenvalue weighted by atomic mass is 9.96. The van der Waals surface area contributed by atoms with Crippen molar-refractivity contribution in [1.82, 2.24) is 9.97 Å². The Labute approximate surface area is 230 Å². The van der Waals surface area contributed by atoms with Crippen LogP contribution in [0.3, 0.4) is 0 Å². The third kappa shape index (κ3) is 3.54. The topological polar surface area (TPSA) is 25.8 Å². The van der Waals surface area contributed by atoms with E-state index in [0.717, 1.165) is 33.1 Å². The molecule has 0 spiro atoms. The van der Waals surface area contributed by atoms with Gasteiger partial charge in [-0.15, -0.1) is 11.3 Å². The Morgan fingerprint density at radius 2 is 1.18 bits per heavy atom. The summed E-state index contributed by atoms with van der Waals surface area (Å²) in [4.78, 5) is 10.2. The van der Waals surface area contributed by atoms with Crippen LogP contribution in [0.4, 0.5) is 0 Å². The molecule has 2 aromatic heterocycles. The Morgan fingerprint density at radius 1 is 0.487 bits per heavy atom. The quantitative estimate of drug-likeness (QED) is 0.214. The van der Waals surface area contributed by atoms with Crippen LogP contribution in [0.25, 0.3) is 75.1 Å². The van der Waals surface area contributed by atoms with Crippen molar-refractivity contribution in [3.05, 3.63) is 120 Å². The van der Waals surface area contributed by atoms with E-state index in [9.17, 15) is 0 Å². The van der Waals surface area contributed by atoms with Crippen LogP contribution in [-0.2, 0) is 0 Å². The molecule has 2 heterocycles. The fraction of sp³-hybridized carbons (Fsp3) is 0.0556. The van der Waals surface area contributed by atoms with Crippen LogP contribution < -0.4 is 0 Å². The zero-order valence-corrected chi connectivity index (χ0v) is 22.5. The first-order chi connectivity index (χ1) is 19.1. The van der Waals surface area contributed by atoms with E-state index in [1.807, 2.05) is 17.5 Å². The molecule has 0 amide bonds. The van der Waals surface area contributed by atoms with E-state index in [0.29, 0.717) is 0 Å². The number of nitrogens with zero attached hydrogens (tertiary/aromatic N) is 2. The SMILES string of the molecule is Cc1ccc2c(c1)c1cc(C)ccc1c1nc(-c3cccc(-c4ccc5sc6ccccc6c5c4)c3)cnc21. The molecule has 184 valence electrons. The first kappa shape index (κ1) is 22.4. The van der Waals surface area contributed by atoms with E-state index in [2.05, 4.69) is 117 Å². The summed E-state index contributed by atoms with van der Waals surface area (Å²) in [7, 11) is 0. The molecule has 0 atom stereocenters. The van der Waals surface area contributed by atoms with Gasteiger partial charge in [-0.1, -0.05) is 90.0 Å². The van der Waals surface area contributed by atoms with Crippen LogP contribution in [0.2, 0.25) is 0 Å². The van der Waals surface area contributed by atoms with Crippen LogP contribution in [0.1, 0.15) is 11.1 Å². The number of aryl methyl sites for hydroxylation is 2. The number of aromatic nitrogens is 2.